The predicted octanol–water partition coefficient (Wildman–Crippen LogP) is 17.3. The molecule has 0 spiro atoms. The average molecular weight is 903 g/mol. The van der Waals surface area contributed by atoms with Gasteiger partial charge in [0, 0.05) is 27.8 Å². The zero-order valence-corrected chi connectivity index (χ0v) is 40.6. The first-order valence-corrected chi connectivity index (χ1v) is 24.2. The maximum Gasteiger partial charge on any atom is 0.238 e. The molecule has 0 amide bonds. The Morgan fingerprint density at radius 3 is 1.36 bits per heavy atom. The summed E-state index contributed by atoms with van der Waals surface area (Å²) in [6.45, 7) is 13.5. The van der Waals surface area contributed by atoms with Crippen LogP contribution in [0, 0.1) is 41.5 Å². The van der Waals surface area contributed by atoms with Crippen LogP contribution in [0.15, 0.2) is 212 Å². The van der Waals surface area contributed by atoms with E-state index in [1.54, 1.807) is 0 Å². The Labute approximate surface area is 411 Å². The molecule has 0 N–H and O–H groups in total. The van der Waals surface area contributed by atoms with Crippen molar-refractivity contribution < 1.29 is 0 Å². The highest BCUT2D eigenvalue weighted by Crippen LogP contribution is 2.47. The van der Waals surface area contributed by atoms with Gasteiger partial charge in [-0.05, 0) is 126 Å². The van der Waals surface area contributed by atoms with E-state index in [4.69, 9.17) is 15.0 Å². The molecule has 0 aliphatic carbocycles. The van der Waals surface area contributed by atoms with Crippen LogP contribution >= 0.6 is 0 Å². The van der Waals surface area contributed by atoms with Crippen molar-refractivity contribution >= 4 is 38.9 Å². The highest BCUT2D eigenvalue weighted by Gasteiger charge is 2.29. The van der Waals surface area contributed by atoms with Gasteiger partial charge in [0.05, 0.1) is 11.4 Å². The molecule has 0 fully saturated rings. The number of anilines is 3. The largest absolute Gasteiger partial charge is 0.278 e. The molecule has 1 heterocycles. The topological polar surface area (TPSA) is 41.9 Å². The lowest BCUT2D eigenvalue weighted by atomic mass is 9.75. The summed E-state index contributed by atoms with van der Waals surface area (Å²) in [4.78, 5) is 18.4. The van der Waals surface area contributed by atoms with Crippen LogP contribution in [0.4, 0.5) is 17.3 Å². The first-order valence-electron chi connectivity index (χ1n) is 24.2. The summed E-state index contributed by atoms with van der Waals surface area (Å²) in [5, 5.41) is 4.51. The smallest absolute Gasteiger partial charge is 0.238 e. The first-order chi connectivity index (χ1) is 34.2. The van der Waals surface area contributed by atoms with Gasteiger partial charge in [-0.25, -0.2) is 4.98 Å². The Balaban J connectivity index is 1.14. The molecule has 0 saturated carbocycles. The Hall–Kier alpha value is -8.47. The van der Waals surface area contributed by atoms with Crippen LogP contribution in [0.3, 0.4) is 0 Å². The zero-order valence-electron chi connectivity index (χ0n) is 40.6. The molecule has 10 aromatic carbocycles. The van der Waals surface area contributed by atoms with Crippen LogP contribution in [0.5, 0.6) is 0 Å². The number of hydrogen-bond acceptors (Lipinski definition) is 4. The van der Waals surface area contributed by atoms with Crippen LogP contribution in [0.1, 0.15) is 56.0 Å². The number of rotatable bonds is 10. The van der Waals surface area contributed by atoms with Gasteiger partial charge in [-0.2, -0.15) is 9.97 Å². The van der Waals surface area contributed by atoms with Crippen molar-refractivity contribution in [3.8, 4) is 45.0 Å². The van der Waals surface area contributed by atoms with Gasteiger partial charge in [-0.1, -0.05) is 211 Å². The minimum atomic E-state index is -0.0118. The lowest BCUT2D eigenvalue weighted by Crippen LogP contribution is -2.17. The van der Waals surface area contributed by atoms with Crippen molar-refractivity contribution in [3.05, 3.63) is 262 Å². The van der Waals surface area contributed by atoms with Crippen molar-refractivity contribution in [1.29, 1.82) is 0 Å². The van der Waals surface area contributed by atoms with Crippen LogP contribution in [0.2, 0.25) is 0 Å². The second-order valence-electron chi connectivity index (χ2n) is 18.7. The minimum absolute atomic E-state index is 0.0118. The highest BCUT2D eigenvalue weighted by atomic mass is 15.3. The lowest BCUT2D eigenvalue weighted by Gasteiger charge is -2.30. The van der Waals surface area contributed by atoms with Crippen LogP contribution < -0.4 is 4.90 Å². The number of aromatic nitrogens is 3. The first kappa shape index (κ1) is 44.1. The molecule has 1 aromatic heterocycles. The summed E-state index contributed by atoms with van der Waals surface area (Å²) in [7, 11) is 0. The molecule has 11 aromatic rings. The highest BCUT2D eigenvalue weighted by molar-refractivity contribution is 6.05. The molecular formula is C66H54N4. The molecule has 0 bridgehead atoms. The summed E-state index contributed by atoms with van der Waals surface area (Å²) in [6.07, 6.45) is 0. The van der Waals surface area contributed by atoms with E-state index in [2.05, 4.69) is 241 Å². The molecule has 0 saturated heterocycles. The fraction of sp³-hybridized carbons (Fsp3) is 0.106. The van der Waals surface area contributed by atoms with Crippen molar-refractivity contribution in [2.45, 2.75) is 47.5 Å². The molecular weight excluding hydrogens is 849 g/mol. The Morgan fingerprint density at radius 1 is 0.343 bits per heavy atom. The molecule has 0 aliphatic rings. The van der Waals surface area contributed by atoms with E-state index in [0.717, 1.165) is 44.2 Å². The van der Waals surface area contributed by atoms with Gasteiger partial charge in [0.15, 0.2) is 11.6 Å². The molecule has 4 nitrogen and oxygen atoms in total. The molecule has 338 valence electrons. The van der Waals surface area contributed by atoms with E-state index in [-0.39, 0.29) is 5.92 Å². The minimum Gasteiger partial charge on any atom is -0.278 e. The molecule has 0 atom stereocenters. The third-order valence-corrected chi connectivity index (χ3v) is 13.9. The van der Waals surface area contributed by atoms with Crippen molar-refractivity contribution in [1.82, 2.24) is 15.0 Å². The summed E-state index contributed by atoms with van der Waals surface area (Å²) in [5.74, 6) is 1.71. The van der Waals surface area contributed by atoms with Crippen LogP contribution in [-0.4, -0.2) is 15.0 Å². The SMILES string of the molecule is Cc1cc(C)c(C(c2c(C)cc(C)cc2C)c2ccc(N(c3nc(-c4ccccc4)nc(-c4ccc(-c5ccccc5-c5ccccc5)cc4)n3)c3cccc4ccccc34)c3ccccc23)c(C)c1. The Morgan fingerprint density at radius 2 is 0.771 bits per heavy atom. The normalized spacial score (nSPS) is 11.4. The van der Waals surface area contributed by atoms with E-state index in [1.165, 1.54) is 72.1 Å². The summed E-state index contributed by atoms with van der Waals surface area (Å²) < 4.78 is 0. The third-order valence-electron chi connectivity index (χ3n) is 13.9. The van der Waals surface area contributed by atoms with Gasteiger partial charge < -0.3 is 0 Å². The monoisotopic (exact) mass is 902 g/mol. The fourth-order valence-electron chi connectivity index (χ4n) is 11.0. The van der Waals surface area contributed by atoms with Crippen LogP contribution in [-0.2, 0) is 0 Å². The molecule has 0 unspecified atom stereocenters. The average Bonchev–Trinajstić information content (AvgIpc) is 3.38. The molecule has 11 rings (SSSR count). The van der Waals surface area contributed by atoms with E-state index < -0.39 is 0 Å². The maximum atomic E-state index is 5.48. The number of hydrogen-bond donors (Lipinski definition) is 0. The Bertz CT molecular complexity index is 3620. The van der Waals surface area contributed by atoms with Crippen molar-refractivity contribution in [3.63, 3.8) is 0 Å². The summed E-state index contributed by atoms with van der Waals surface area (Å²) >= 11 is 0. The number of nitrogens with zero attached hydrogens (tertiary/aromatic N) is 4. The van der Waals surface area contributed by atoms with Gasteiger partial charge in [-0.15, -0.1) is 0 Å². The van der Waals surface area contributed by atoms with Crippen molar-refractivity contribution in [2.75, 3.05) is 4.90 Å². The van der Waals surface area contributed by atoms with Gasteiger partial charge in [0.2, 0.25) is 5.95 Å². The van der Waals surface area contributed by atoms with Crippen molar-refractivity contribution in [2.24, 2.45) is 0 Å². The van der Waals surface area contributed by atoms with Gasteiger partial charge in [-0.3, -0.25) is 4.90 Å². The van der Waals surface area contributed by atoms with Gasteiger partial charge in [0.25, 0.3) is 0 Å². The number of fused-ring (bicyclic) bond motifs is 2. The number of aryl methyl sites for hydroxylation is 6. The van der Waals surface area contributed by atoms with E-state index in [9.17, 15) is 0 Å². The summed E-state index contributed by atoms with van der Waals surface area (Å²) in [5.41, 5.74) is 20.1. The predicted molar refractivity (Wildman–Crippen MR) is 294 cm³/mol. The fourth-order valence-corrected chi connectivity index (χ4v) is 11.0. The summed E-state index contributed by atoms with van der Waals surface area (Å²) in [6, 6.07) is 76.1. The van der Waals surface area contributed by atoms with Gasteiger partial charge >= 0.3 is 0 Å². The lowest BCUT2D eigenvalue weighted by molar-refractivity contribution is 0.927. The van der Waals surface area contributed by atoms with Crippen LogP contribution in [0.25, 0.3) is 66.6 Å². The standard InChI is InChI=1S/C66H54N4/c1-42-38-44(3)61(45(4)39-42)63(62-46(5)40-43(2)41-47(62)6)58-36-37-60(57-30-18-17-29-56(57)58)70(59-31-19-25-49-22-13-14-28-55(49)59)66-68-64(51-23-11-8-12-24-51)67-65(69-66)52-34-32-50(33-35-52)54-27-16-15-26-53(54)48-20-9-7-10-21-48/h7-41,63H,1-6H3. The van der Waals surface area contributed by atoms with Gasteiger partial charge in [0.1, 0.15) is 0 Å². The molecule has 0 aliphatic heterocycles. The zero-order chi connectivity index (χ0) is 47.9. The molecule has 4 heteroatoms. The van der Waals surface area contributed by atoms with E-state index in [0.29, 0.717) is 17.6 Å². The van der Waals surface area contributed by atoms with E-state index >= 15 is 0 Å². The third kappa shape index (κ3) is 8.22. The maximum absolute atomic E-state index is 5.48. The Kier molecular flexibility index (Phi) is 11.7. The second kappa shape index (κ2) is 18.6. The van der Waals surface area contributed by atoms with E-state index in [1.807, 2.05) is 18.2 Å². The molecule has 70 heavy (non-hydrogen) atoms. The number of benzene rings is 10. The second-order valence-corrected chi connectivity index (χ2v) is 18.7. The molecule has 0 radical (unpaired) electrons. The quantitative estimate of drug-likeness (QED) is 0.128.